The summed E-state index contributed by atoms with van der Waals surface area (Å²) in [7, 11) is 1.73. The van der Waals surface area contributed by atoms with Crippen LogP contribution in [-0.4, -0.2) is 60.8 Å². The van der Waals surface area contributed by atoms with Crippen LogP contribution in [-0.2, 0) is 21.3 Å². The van der Waals surface area contributed by atoms with Crippen LogP contribution in [0.1, 0.15) is 49.7 Å². The lowest BCUT2D eigenvalue weighted by Crippen LogP contribution is -2.71. The molecule has 5 nitrogen and oxygen atoms in total. The van der Waals surface area contributed by atoms with E-state index in [1.54, 1.807) is 7.11 Å². The average molecular weight is 398 g/mol. The topological polar surface area (TPSA) is 51.2 Å². The van der Waals surface area contributed by atoms with Crippen molar-refractivity contribution in [3.05, 3.63) is 29.3 Å². The van der Waals surface area contributed by atoms with Gasteiger partial charge in [0, 0.05) is 42.8 Å². The zero-order chi connectivity index (χ0) is 19.5. The van der Waals surface area contributed by atoms with Crippen LogP contribution in [0.4, 0.5) is 0 Å². The van der Waals surface area contributed by atoms with E-state index in [4.69, 9.17) is 14.2 Å². The van der Waals surface area contributed by atoms with Gasteiger partial charge in [0.05, 0.1) is 25.9 Å². The van der Waals surface area contributed by atoms with Crippen LogP contribution in [0.5, 0.6) is 5.75 Å². The van der Waals surface area contributed by atoms with Gasteiger partial charge in [-0.05, 0) is 61.3 Å². The minimum atomic E-state index is -0.710. The summed E-state index contributed by atoms with van der Waals surface area (Å²) in [4.78, 5) is 2.64. The smallest absolute Gasteiger partial charge is 0.169 e. The fourth-order valence-electron chi connectivity index (χ4n) is 8.20. The molecular formula is C24H31NO4. The second kappa shape index (κ2) is 5.37. The highest BCUT2D eigenvalue weighted by Gasteiger charge is 2.79. The zero-order valence-electron chi connectivity index (χ0n) is 17.3. The summed E-state index contributed by atoms with van der Waals surface area (Å²) in [5, 5.41) is 12.5. The number of hydrogen-bond donors (Lipinski definition) is 1. The molecule has 5 fully saturated rings. The molecule has 2 bridgehead atoms. The Balaban J connectivity index is 1.39. The van der Waals surface area contributed by atoms with Gasteiger partial charge in [-0.1, -0.05) is 6.07 Å². The van der Waals surface area contributed by atoms with E-state index < -0.39 is 11.4 Å². The predicted octanol–water partition coefficient (Wildman–Crippen LogP) is 2.63. The molecule has 29 heavy (non-hydrogen) atoms. The summed E-state index contributed by atoms with van der Waals surface area (Å²) in [6.45, 7) is 3.64. The number of rotatable bonds is 3. The molecule has 4 unspecified atom stereocenters. The largest absolute Gasteiger partial charge is 0.497 e. The van der Waals surface area contributed by atoms with Crippen molar-refractivity contribution in [3.8, 4) is 5.75 Å². The minimum absolute atomic E-state index is 0.204. The second-order valence-corrected chi connectivity index (χ2v) is 10.8. The summed E-state index contributed by atoms with van der Waals surface area (Å²) >= 11 is 0. The Morgan fingerprint density at radius 1 is 1.17 bits per heavy atom. The lowest BCUT2D eigenvalue weighted by atomic mass is 9.57. The minimum Gasteiger partial charge on any atom is -0.497 e. The number of hydrogen-bond acceptors (Lipinski definition) is 5. The van der Waals surface area contributed by atoms with E-state index in [1.807, 2.05) is 0 Å². The normalized spacial score (nSPS) is 44.1. The maximum atomic E-state index is 12.5. The van der Waals surface area contributed by atoms with Gasteiger partial charge >= 0.3 is 0 Å². The first-order valence-corrected chi connectivity index (χ1v) is 11.4. The lowest BCUT2D eigenvalue weighted by molar-refractivity contribution is -0.237. The van der Waals surface area contributed by atoms with Crippen LogP contribution < -0.4 is 4.74 Å². The van der Waals surface area contributed by atoms with E-state index in [-0.39, 0.29) is 16.9 Å². The Labute approximate surface area is 172 Å². The summed E-state index contributed by atoms with van der Waals surface area (Å²) in [6.07, 6.45) is 7.19. The van der Waals surface area contributed by atoms with Gasteiger partial charge in [0.2, 0.25) is 0 Å². The molecule has 0 amide bonds. The molecule has 156 valence electrons. The van der Waals surface area contributed by atoms with Gasteiger partial charge in [-0.15, -0.1) is 0 Å². The van der Waals surface area contributed by atoms with Crippen molar-refractivity contribution in [1.82, 2.24) is 4.90 Å². The number of methoxy groups -OCH3 is 1. The highest BCUT2D eigenvalue weighted by molar-refractivity contribution is 5.52. The Hall–Kier alpha value is -1.14. The van der Waals surface area contributed by atoms with E-state index in [9.17, 15) is 5.11 Å². The number of ether oxygens (including phenoxy) is 3. The molecule has 2 saturated heterocycles. The summed E-state index contributed by atoms with van der Waals surface area (Å²) in [5.74, 6) is 1.22. The molecule has 1 N–H and O–H groups in total. The Morgan fingerprint density at radius 2 is 2.00 bits per heavy atom. The molecule has 3 spiro atoms. The number of fused-ring (bicyclic) bond motifs is 2. The van der Waals surface area contributed by atoms with Crippen molar-refractivity contribution < 1.29 is 19.3 Å². The molecule has 7 rings (SSSR count). The summed E-state index contributed by atoms with van der Waals surface area (Å²) < 4.78 is 18.0. The monoisotopic (exact) mass is 397 g/mol. The van der Waals surface area contributed by atoms with Crippen molar-refractivity contribution in [2.24, 2.45) is 11.3 Å². The van der Waals surface area contributed by atoms with E-state index in [0.29, 0.717) is 13.2 Å². The van der Waals surface area contributed by atoms with E-state index in [0.717, 1.165) is 50.3 Å². The molecule has 4 aliphatic carbocycles. The third kappa shape index (κ3) is 2.06. The van der Waals surface area contributed by atoms with Gasteiger partial charge in [0.25, 0.3) is 0 Å². The summed E-state index contributed by atoms with van der Waals surface area (Å²) in [5.41, 5.74) is 1.89. The molecule has 6 aliphatic rings. The van der Waals surface area contributed by atoms with Crippen LogP contribution in [0.2, 0.25) is 0 Å². The zero-order valence-corrected chi connectivity index (χ0v) is 17.3. The van der Waals surface area contributed by atoms with Crippen LogP contribution in [0.25, 0.3) is 0 Å². The predicted molar refractivity (Wildman–Crippen MR) is 107 cm³/mol. The molecule has 1 aromatic carbocycles. The molecule has 0 aromatic heterocycles. The first-order valence-electron chi connectivity index (χ1n) is 11.4. The number of aliphatic hydroxyl groups is 1. The molecule has 4 atom stereocenters. The van der Waals surface area contributed by atoms with Gasteiger partial charge in [-0.25, -0.2) is 0 Å². The van der Waals surface area contributed by atoms with Gasteiger partial charge < -0.3 is 19.3 Å². The number of benzene rings is 1. The van der Waals surface area contributed by atoms with E-state index in [2.05, 4.69) is 23.1 Å². The SMILES string of the molecule is COc1ccc2c(c1)C13CC4(CCC1(O)C1N(CC5CC5)CC1(C2)C3)OCCO4. The van der Waals surface area contributed by atoms with Crippen LogP contribution in [0, 0.1) is 11.3 Å². The average Bonchev–Trinajstić information content (AvgIpc) is 3.38. The maximum absolute atomic E-state index is 12.5. The fraction of sp³-hybridized carbons (Fsp3) is 0.750. The van der Waals surface area contributed by atoms with Crippen LogP contribution >= 0.6 is 0 Å². The second-order valence-electron chi connectivity index (χ2n) is 10.8. The summed E-state index contributed by atoms with van der Waals surface area (Å²) in [6, 6.07) is 6.82. The van der Waals surface area contributed by atoms with Crippen molar-refractivity contribution in [3.63, 3.8) is 0 Å². The Kier molecular flexibility index (Phi) is 3.24. The van der Waals surface area contributed by atoms with Gasteiger partial charge in [0.15, 0.2) is 5.79 Å². The first kappa shape index (κ1) is 17.5. The van der Waals surface area contributed by atoms with Crippen LogP contribution in [0.15, 0.2) is 18.2 Å². The third-order valence-electron chi connectivity index (χ3n) is 9.23. The molecule has 3 saturated carbocycles. The molecular weight excluding hydrogens is 366 g/mol. The fourth-order valence-corrected chi connectivity index (χ4v) is 8.20. The number of nitrogens with zero attached hydrogens (tertiary/aromatic N) is 1. The highest BCUT2D eigenvalue weighted by Crippen LogP contribution is 2.73. The Morgan fingerprint density at radius 3 is 2.76 bits per heavy atom. The Bertz CT molecular complexity index is 878. The van der Waals surface area contributed by atoms with E-state index >= 15 is 0 Å². The van der Waals surface area contributed by atoms with Crippen molar-refractivity contribution in [2.75, 3.05) is 33.4 Å². The first-order chi connectivity index (χ1) is 14.0. The quantitative estimate of drug-likeness (QED) is 0.850. The van der Waals surface area contributed by atoms with Crippen LogP contribution in [0.3, 0.4) is 0 Å². The molecule has 0 radical (unpaired) electrons. The molecule has 1 aromatic rings. The van der Waals surface area contributed by atoms with Crippen molar-refractivity contribution in [1.29, 1.82) is 0 Å². The number of likely N-dealkylation sites (tertiary alicyclic amines) is 1. The lowest BCUT2D eigenvalue weighted by Gasteiger charge is -2.59. The van der Waals surface area contributed by atoms with E-state index in [1.165, 1.54) is 30.5 Å². The third-order valence-corrected chi connectivity index (χ3v) is 9.23. The van der Waals surface area contributed by atoms with Gasteiger partial charge in [-0.3, -0.25) is 4.90 Å². The van der Waals surface area contributed by atoms with Gasteiger partial charge in [0.1, 0.15) is 5.75 Å². The maximum Gasteiger partial charge on any atom is 0.169 e. The molecule has 2 heterocycles. The molecule has 2 aliphatic heterocycles. The van der Waals surface area contributed by atoms with Crippen molar-refractivity contribution in [2.45, 2.75) is 67.8 Å². The standard InChI is InChI=1S/C24H31NO4/c1-27-18-5-4-17-11-21-13-22(19(17)10-18)14-23(28-8-9-29-23)6-7-24(22,26)20(21)25(15-21)12-16-2-3-16/h4-5,10,16,20,26H,2-3,6-9,11-15H2,1H3. The molecule has 5 heteroatoms. The van der Waals surface area contributed by atoms with Gasteiger partial charge in [-0.2, -0.15) is 0 Å². The van der Waals surface area contributed by atoms with Crippen molar-refractivity contribution >= 4 is 0 Å². The highest BCUT2D eigenvalue weighted by atomic mass is 16.7.